The monoisotopic (exact) mass is 392 g/mol. The van der Waals surface area contributed by atoms with E-state index in [1.807, 2.05) is 6.92 Å². The molecular weight excluding hydrogens is 375 g/mol. The van der Waals surface area contributed by atoms with Gasteiger partial charge in [0.25, 0.3) is 0 Å². The van der Waals surface area contributed by atoms with E-state index in [1.54, 1.807) is 42.5 Å². The summed E-state index contributed by atoms with van der Waals surface area (Å²) in [6.07, 6.45) is 0.524. The van der Waals surface area contributed by atoms with Gasteiger partial charge in [-0.15, -0.1) is 0 Å². The Morgan fingerprint density at radius 3 is 2.12 bits per heavy atom. The van der Waals surface area contributed by atoms with Crippen LogP contribution in [0.15, 0.2) is 42.5 Å². The van der Waals surface area contributed by atoms with Gasteiger partial charge < -0.3 is 15.4 Å². The molecule has 0 aromatic heterocycles. The van der Waals surface area contributed by atoms with Gasteiger partial charge in [-0.25, -0.2) is 0 Å². The number of halogens is 2. The van der Waals surface area contributed by atoms with Gasteiger partial charge in [-0.3, -0.25) is 9.59 Å². The van der Waals surface area contributed by atoms with Crippen LogP contribution in [0.3, 0.4) is 0 Å². The lowest BCUT2D eigenvalue weighted by Crippen LogP contribution is -2.20. The minimum atomic E-state index is -0.341. The molecule has 0 heterocycles. The number of benzene rings is 2. The van der Waals surface area contributed by atoms with Crippen molar-refractivity contribution >= 4 is 46.4 Å². The third-order valence-corrected chi connectivity index (χ3v) is 4.82. The van der Waals surface area contributed by atoms with E-state index in [0.29, 0.717) is 34.4 Å². The number of anilines is 2. The van der Waals surface area contributed by atoms with Crippen LogP contribution in [0.2, 0.25) is 10.0 Å². The molecule has 1 aliphatic carbocycles. The number of hydrogen-bond acceptors (Lipinski definition) is 3. The van der Waals surface area contributed by atoms with Gasteiger partial charge in [-0.1, -0.05) is 23.2 Å². The lowest BCUT2D eigenvalue weighted by atomic mass is 10.2. The Labute approximate surface area is 161 Å². The van der Waals surface area contributed by atoms with Crippen LogP contribution >= 0.6 is 23.2 Å². The van der Waals surface area contributed by atoms with Crippen molar-refractivity contribution in [1.82, 2.24) is 0 Å². The molecule has 2 unspecified atom stereocenters. The first-order valence-corrected chi connectivity index (χ1v) is 9.03. The zero-order valence-corrected chi connectivity index (χ0v) is 15.6. The summed E-state index contributed by atoms with van der Waals surface area (Å²) in [6, 6.07) is 12.0. The molecule has 136 valence electrons. The van der Waals surface area contributed by atoms with E-state index < -0.39 is 0 Å². The van der Waals surface area contributed by atoms with E-state index >= 15 is 0 Å². The van der Waals surface area contributed by atoms with Crippen molar-refractivity contribution in [3.8, 4) is 5.75 Å². The molecule has 26 heavy (non-hydrogen) atoms. The van der Waals surface area contributed by atoms with Crippen LogP contribution in [0.1, 0.15) is 13.3 Å². The molecule has 7 heteroatoms. The van der Waals surface area contributed by atoms with E-state index in [1.165, 1.54) is 0 Å². The summed E-state index contributed by atoms with van der Waals surface area (Å²) in [6.45, 7) is 2.50. The van der Waals surface area contributed by atoms with Crippen LogP contribution in [0.5, 0.6) is 5.75 Å². The molecular formula is C19H18Cl2N2O3. The molecule has 0 bridgehead atoms. The van der Waals surface area contributed by atoms with Crippen molar-refractivity contribution < 1.29 is 14.3 Å². The first kappa shape index (κ1) is 18.5. The van der Waals surface area contributed by atoms with Crippen molar-refractivity contribution in [1.29, 1.82) is 0 Å². The highest BCUT2D eigenvalue weighted by molar-refractivity contribution is 6.42. The van der Waals surface area contributed by atoms with Crippen LogP contribution in [0.25, 0.3) is 0 Å². The molecule has 2 atom stereocenters. The van der Waals surface area contributed by atoms with Gasteiger partial charge in [0.05, 0.1) is 28.5 Å². The summed E-state index contributed by atoms with van der Waals surface area (Å²) in [5, 5.41) is 6.37. The quantitative estimate of drug-likeness (QED) is 0.754. The number of ether oxygens (including phenoxy) is 1. The molecule has 1 saturated carbocycles. The molecule has 2 aromatic rings. The second-order valence-electron chi connectivity index (χ2n) is 6.01. The van der Waals surface area contributed by atoms with Gasteiger partial charge in [0.15, 0.2) is 0 Å². The van der Waals surface area contributed by atoms with Crippen molar-refractivity contribution in [3.05, 3.63) is 52.5 Å². The Hall–Kier alpha value is -2.24. The number of nitrogens with one attached hydrogen (secondary N) is 2. The molecule has 0 saturated heterocycles. The maximum Gasteiger partial charge on any atom is 0.228 e. The molecule has 0 spiro atoms. The summed E-state index contributed by atoms with van der Waals surface area (Å²) in [5.74, 6) is -0.286. The highest BCUT2D eigenvalue weighted by Gasteiger charge is 2.48. The van der Waals surface area contributed by atoms with Crippen LogP contribution < -0.4 is 15.4 Å². The zero-order chi connectivity index (χ0) is 18.7. The Kier molecular flexibility index (Phi) is 5.69. The van der Waals surface area contributed by atoms with E-state index in [4.69, 9.17) is 27.9 Å². The van der Waals surface area contributed by atoms with E-state index in [-0.39, 0.29) is 23.7 Å². The first-order chi connectivity index (χ1) is 12.5. The highest BCUT2D eigenvalue weighted by Crippen LogP contribution is 2.40. The third-order valence-electron chi connectivity index (χ3n) is 4.08. The minimum absolute atomic E-state index is 0.163. The average molecular weight is 393 g/mol. The second kappa shape index (κ2) is 7.98. The first-order valence-electron chi connectivity index (χ1n) is 8.27. The van der Waals surface area contributed by atoms with Gasteiger partial charge in [0.1, 0.15) is 5.75 Å². The van der Waals surface area contributed by atoms with Gasteiger partial charge in [-0.05, 0) is 55.8 Å². The van der Waals surface area contributed by atoms with Crippen molar-refractivity contribution in [3.63, 3.8) is 0 Å². The molecule has 1 fully saturated rings. The Bertz CT molecular complexity index is 824. The lowest BCUT2D eigenvalue weighted by Gasteiger charge is -2.08. The summed E-state index contributed by atoms with van der Waals surface area (Å²) >= 11 is 11.8. The summed E-state index contributed by atoms with van der Waals surface area (Å²) < 4.78 is 5.36. The molecule has 2 amide bonds. The van der Waals surface area contributed by atoms with Crippen LogP contribution in [-0.4, -0.2) is 18.4 Å². The molecule has 3 rings (SSSR count). The molecule has 1 aliphatic rings. The number of carbonyl (C=O) groups is 2. The van der Waals surface area contributed by atoms with Crippen LogP contribution in [0.4, 0.5) is 11.4 Å². The number of amides is 2. The van der Waals surface area contributed by atoms with Crippen molar-refractivity contribution in [2.45, 2.75) is 13.3 Å². The third kappa shape index (κ3) is 4.48. The maximum absolute atomic E-state index is 12.3. The Balaban J connectivity index is 1.53. The average Bonchev–Trinajstić information content (AvgIpc) is 3.41. The van der Waals surface area contributed by atoms with Gasteiger partial charge >= 0.3 is 0 Å². The van der Waals surface area contributed by atoms with Gasteiger partial charge in [0, 0.05) is 11.4 Å². The molecule has 0 aliphatic heterocycles. The number of carbonyl (C=O) groups excluding carboxylic acids is 2. The summed E-state index contributed by atoms with van der Waals surface area (Å²) in [7, 11) is 0. The number of hydrogen-bond donors (Lipinski definition) is 2. The summed E-state index contributed by atoms with van der Waals surface area (Å²) in [4.78, 5) is 24.6. The van der Waals surface area contributed by atoms with E-state index in [0.717, 1.165) is 5.75 Å². The second-order valence-corrected chi connectivity index (χ2v) is 6.83. The van der Waals surface area contributed by atoms with E-state index in [9.17, 15) is 9.59 Å². The van der Waals surface area contributed by atoms with Crippen molar-refractivity contribution in [2.24, 2.45) is 11.8 Å². The number of rotatable bonds is 6. The van der Waals surface area contributed by atoms with Gasteiger partial charge in [-0.2, -0.15) is 0 Å². The molecule has 0 radical (unpaired) electrons. The fourth-order valence-electron chi connectivity index (χ4n) is 2.62. The maximum atomic E-state index is 12.3. The smallest absolute Gasteiger partial charge is 0.228 e. The summed E-state index contributed by atoms with van der Waals surface area (Å²) in [5.41, 5.74) is 1.23. The van der Waals surface area contributed by atoms with Crippen LogP contribution in [-0.2, 0) is 9.59 Å². The molecule has 2 N–H and O–H groups in total. The van der Waals surface area contributed by atoms with E-state index in [2.05, 4.69) is 10.6 Å². The SMILES string of the molecule is CCOc1ccc(NC(=O)C2CC2C(=O)Nc2ccc(Cl)c(Cl)c2)cc1. The molecule has 2 aromatic carbocycles. The fourth-order valence-corrected chi connectivity index (χ4v) is 2.92. The largest absolute Gasteiger partial charge is 0.494 e. The normalized spacial score (nSPS) is 18.1. The Morgan fingerprint density at radius 1 is 0.962 bits per heavy atom. The van der Waals surface area contributed by atoms with Crippen molar-refractivity contribution in [2.75, 3.05) is 17.2 Å². The van der Waals surface area contributed by atoms with Crippen LogP contribution in [0, 0.1) is 11.8 Å². The predicted molar refractivity (Wildman–Crippen MR) is 103 cm³/mol. The zero-order valence-electron chi connectivity index (χ0n) is 14.1. The minimum Gasteiger partial charge on any atom is -0.494 e. The van der Waals surface area contributed by atoms with Gasteiger partial charge in [0.2, 0.25) is 11.8 Å². The standard InChI is InChI=1S/C19H18Cl2N2O3/c1-2-26-13-6-3-11(4-7-13)22-18(24)14-10-15(14)19(25)23-12-5-8-16(20)17(21)9-12/h3-9,14-15H,2,10H2,1H3,(H,22,24)(H,23,25). The molecule has 5 nitrogen and oxygen atoms in total. The topological polar surface area (TPSA) is 67.4 Å². The fraction of sp³-hybridized carbons (Fsp3) is 0.263. The Morgan fingerprint density at radius 2 is 1.54 bits per heavy atom. The highest BCUT2D eigenvalue weighted by atomic mass is 35.5. The lowest BCUT2D eigenvalue weighted by molar-refractivity contribution is -0.122. The predicted octanol–water partition coefficient (Wildman–Crippen LogP) is 4.61.